The van der Waals surface area contributed by atoms with Crippen LogP contribution in [0.1, 0.15) is 18.4 Å². The molecule has 1 saturated heterocycles. The summed E-state index contributed by atoms with van der Waals surface area (Å²) in [5.74, 6) is -0.520. The van der Waals surface area contributed by atoms with Crippen LogP contribution in [-0.2, 0) is 16.0 Å². The van der Waals surface area contributed by atoms with Gasteiger partial charge >= 0.3 is 0 Å². The van der Waals surface area contributed by atoms with Crippen molar-refractivity contribution in [2.75, 3.05) is 30.4 Å². The van der Waals surface area contributed by atoms with Crippen LogP contribution in [0, 0.1) is 5.82 Å². The molecule has 1 amide bonds. The maximum atomic E-state index is 14.7. The highest BCUT2D eigenvalue weighted by atomic mass is 19.1. The molecule has 1 aliphatic heterocycles. The number of nitrogens with one attached hydrogen (secondary N) is 1. The molecule has 174 valence electrons. The molecule has 0 unspecified atom stereocenters. The van der Waals surface area contributed by atoms with E-state index in [1.54, 1.807) is 23.8 Å². The third-order valence-corrected chi connectivity index (χ3v) is 6.28. The molecule has 2 aromatic carbocycles. The number of anilines is 2. The summed E-state index contributed by atoms with van der Waals surface area (Å²) in [6.45, 7) is 1.51. The van der Waals surface area contributed by atoms with E-state index in [2.05, 4.69) is 15.4 Å². The van der Waals surface area contributed by atoms with Gasteiger partial charge in [0.25, 0.3) is 0 Å². The molecule has 0 bridgehead atoms. The zero-order valence-corrected chi connectivity index (χ0v) is 18.9. The number of rotatable bonds is 6. The van der Waals surface area contributed by atoms with E-state index in [0.717, 1.165) is 48.3 Å². The molecule has 8 heteroatoms. The summed E-state index contributed by atoms with van der Waals surface area (Å²) in [4.78, 5) is 18.8. The van der Waals surface area contributed by atoms with E-state index in [4.69, 9.17) is 4.74 Å². The second-order valence-corrected chi connectivity index (χ2v) is 8.49. The number of carbonyl (C=O) groups excluding carboxylic acids is 1. The van der Waals surface area contributed by atoms with Gasteiger partial charge in [0, 0.05) is 32.1 Å². The molecule has 1 aliphatic rings. The van der Waals surface area contributed by atoms with E-state index < -0.39 is 0 Å². The van der Waals surface area contributed by atoms with Gasteiger partial charge in [0.05, 0.1) is 18.2 Å². The van der Waals surface area contributed by atoms with Crippen LogP contribution in [0.25, 0.3) is 16.8 Å². The summed E-state index contributed by atoms with van der Waals surface area (Å²) < 4.78 is 21.8. The quantitative estimate of drug-likeness (QED) is 0.465. The number of hydrogen-bond donors (Lipinski definition) is 1. The van der Waals surface area contributed by atoms with Gasteiger partial charge in [0.2, 0.25) is 5.91 Å². The molecular formula is C26H26FN5O2. The number of methoxy groups -OCH3 is 1. The molecule has 0 aliphatic carbocycles. The number of ether oxygens (including phenoxy) is 1. The summed E-state index contributed by atoms with van der Waals surface area (Å²) in [5, 5.41) is 6.91. The second-order valence-electron chi connectivity index (χ2n) is 8.49. The first-order chi connectivity index (χ1) is 16.6. The Hall–Kier alpha value is -3.78. The summed E-state index contributed by atoms with van der Waals surface area (Å²) in [6, 6.07) is 16.6. The van der Waals surface area contributed by atoms with Crippen molar-refractivity contribution >= 4 is 22.9 Å². The molecule has 0 saturated carbocycles. The lowest BCUT2D eigenvalue weighted by Crippen LogP contribution is -2.37. The fraction of sp³-hybridized carbons (Fsp3) is 0.269. The van der Waals surface area contributed by atoms with Crippen LogP contribution in [0.3, 0.4) is 0 Å². The van der Waals surface area contributed by atoms with Crippen molar-refractivity contribution in [2.24, 2.45) is 0 Å². The Kier molecular flexibility index (Phi) is 6.22. The van der Waals surface area contributed by atoms with Gasteiger partial charge in [0.1, 0.15) is 12.1 Å². The zero-order valence-electron chi connectivity index (χ0n) is 18.9. The number of aromatic nitrogens is 3. The maximum absolute atomic E-state index is 14.7. The van der Waals surface area contributed by atoms with Crippen molar-refractivity contribution < 1.29 is 13.9 Å². The number of amides is 1. The summed E-state index contributed by atoms with van der Waals surface area (Å²) >= 11 is 0. The fourth-order valence-electron chi connectivity index (χ4n) is 4.37. The monoisotopic (exact) mass is 459 g/mol. The van der Waals surface area contributed by atoms with E-state index in [-0.39, 0.29) is 24.2 Å². The lowest BCUT2D eigenvalue weighted by Gasteiger charge is -2.33. The highest BCUT2D eigenvalue weighted by Crippen LogP contribution is 2.27. The molecule has 2 aromatic heterocycles. The number of hydrogen-bond acceptors (Lipinski definition) is 5. The van der Waals surface area contributed by atoms with Crippen molar-refractivity contribution in [2.45, 2.75) is 25.4 Å². The SMILES string of the molecule is COC1CCN(c2ccc(NC(=O)Cc3ccc(-c4ccn5ncnc5c4)cc3)cc2F)CC1. The molecule has 4 aromatic rings. The van der Waals surface area contributed by atoms with Crippen LogP contribution >= 0.6 is 0 Å². The highest BCUT2D eigenvalue weighted by Gasteiger charge is 2.21. The largest absolute Gasteiger partial charge is 0.381 e. The molecule has 1 fully saturated rings. The number of carbonyl (C=O) groups is 1. The van der Waals surface area contributed by atoms with E-state index in [0.29, 0.717) is 11.4 Å². The maximum Gasteiger partial charge on any atom is 0.228 e. The van der Waals surface area contributed by atoms with Gasteiger partial charge in [0.15, 0.2) is 5.65 Å². The Morgan fingerprint density at radius 2 is 1.88 bits per heavy atom. The lowest BCUT2D eigenvalue weighted by atomic mass is 10.0. The van der Waals surface area contributed by atoms with Crippen molar-refractivity contribution in [3.63, 3.8) is 0 Å². The number of nitrogens with zero attached hydrogens (tertiary/aromatic N) is 4. The van der Waals surface area contributed by atoms with Gasteiger partial charge in [-0.15, -0.1) is 0 Å². The second kappa shape index (κ2) is 9.61. The molecule has 0 atom stereocenters. The third kappa shape index (κ3) is 4.77. The van der Waals surface area contributed by atoms with Crippen molar-refractivity contribution in [1.29, 1.82) is 0 Å². The van der Waals surface area contributed by atoms with E-state index in [1.165, 1.54) is 12.4 Å². The normalized spacial score (nSPS) is 14.5. The van der Waals surface area contributed by atoms with Crippen LogP contribution in [0.15, 0.2) is 67.1 Å². The van der Waals surface area contributed by atoms with Crippen LogP contribution in [0.4, 0.5) is 15.8 Å². The third-order valence-electron chi connectivity index (χ3n) is 6.28. The summed E-state index contributed by atoms with van der Waals surface area (Å²) in [6.07, 6.45) is 5.59. The fourth-order valence-corrected chi connectivity index (χ4v) is 4.37. The molecule has 0 radical (unpaired) electrons. The number of benzene rings is 2. The standard InChI is InChI=1S/C26H26FN5O2/c1-34-22-9-11-31(12-10-22)24-7-6-21(16-23(24)27)30-26(33)14-18-2-4-19(5-3-18)20-8-13-32-25(15-20)28-17-29-32/h2-8,13,15-17,22H,9-12,14H2,1H3,(H,30,33). The Morgan fingerprint density at radius 3 is 2.62 bits per heavy atom. The first-order valence-corrected chi connectivity index (χ1v) is 11.3. The zero-order chi connectivity index (χ0) is 23.5. The average molecular weight is 460 g/mol. The molecule has 7 nitrogen and oxygen atoms in total. The number of pyridine rings is 1. The van der Waals surface area contributed by atoms with E-state index in [9.17, 15) is 9.18 Å². The van der Waals surface area contributed by atoms with E-state index >= 15 is 0 Å². The van der Waals surface area contributed by atoms with Crippen LogP contribution in [-0.4, -0.2) is 46.8 Å². The molecule has 0 spiro atoms. The van der Waals surface area contributed by atoms with Gasteiger partial charge < -0.3 is 15.0 Å². The van der Waals surface area contributed by atoms with Crippen molar-refractivity contribution in [3.05, 3.63) is 78.5 Å². The van der Waals surface area contributed by atoms with Gasteiger partial charge in [-0.3, -0.25) is 4.79 Å². The number of halogens is 1. The minimum absolute atomic E-state index is 0.189. The van der Waals surface area contributed by atoms with E-state index in [1.807, 2.05) is 47.5 Å². The predicted octanol–water partition coefficient (Wildman–Crippen LogP) is 4.33. The minimum atomic E-state index is -0.331. The average Bonchev–Trinajstić information content (AvgIpc) is 3.33. The molecule has 3 heterocycles. The molecule has 5 rings (SSSR count). The Labute approximate surface area is 197 Å². The van der Waals surface area contributed by atoms with Gasteiger partial charge in [-0.05, 0) is 59.9 Å². The Balaban J connectivity index is 1.20. The van der Waals surface area contributed by atoms with Crippen molar-refractivity contribution in [3.8, 4) is 11.1 Å². The minimum Gasteiger partial charge on any atom is -0.381 e. The lowest BCUT2D eigenvalue weighted by molar-refractivity contribution is -0.115. The molecule has 34 heavy (non-hydrogen) atoms. The molecule has 1 N–H and O–H groups in total. The van der Waals surface area contributed by atoms with Crippen LogP contribution < -0.4 is 10.2 Å². The first kappa shape index (κ1) is 22.0. The molecular weight excluding hydrogens is 433 g/mol. The van der Waals surface area contributed by atoms with Crippen LogP contribution in [0.5, 0.6) is 0 Å². The summed E-state index contributed by atoms with van der Waals surface area (Å²) in [5.41, 5.74) is 4.73. The number of fused-ring (bicyclic) bond motifs is 1. The first-order valence-electron chi connectivity index (χ1n) is 11.3. The smallest absolute Gasteiger partial charge is 0.228 e. The topological polar surface area (TPSA) is 71.8 Å². The Morgan fingerprint density at radius 1 is 1.09 bits per heavy atom. The summed E-state index contributed by atoms with van der Waals surface area (Å²) in [7, 11) is 1.71. The van der Waals surface area contributed by atoms with Crippen molar-refractivity contribution in [1.82, 2.24) is 14.6 Å². The predicted molar refractivity (Wildman–Crippen MR) is 129 cm³/mol. The van der Waals surface area contributed by atoms with Gasteiger partial charge in [-0.2, -0.15) is 5.10 Å². The van der Waals surface area contributed by atoms with Crippen LogP contribution in [0.2, 0.25) is 0 Å². The highest BCUT2D eigenvalue weighted by molar-refractivity contribution is 5.92. The Bertz CT molecular complexity index is 1300. The van der Waals surface area contributed by atoms with Gasteiger partial charge in [-0.1, -0.05) is 24.3 Å². The van der Waals surface area contributed by atoms with Gasteiger partial charge in [-0.25, -0.2) is 13.9 Å². The number of piperidine rings is 1.